The monoisotopic (exact) mass is 383 g/mol. The van der Waals surface area contributed by atoms with Crippen LogP contribution in [-0.2, 0) is 21.9 Å². The molecule has 1 aliphatic rings. The van der Waals surface area contributed by atoms with E-state index in [1.165, 1.54) is 21.8 Å². The van der Waals surface area contributed by atoms with Gasteiger partial charge in [-0.05, 0) is 26.7 Å². The van der Waals surface area contributed by atoms with Crippen LogP contribution in [0, 0.1) is 19.8 Å². The number of imidazole rings is 1. The molecule has 136 valence electrons. The lowest BCUT2D eigenvalue weighted by molar-refractivity contribution is -0.120. The summed E-state index contributed by atoms with van der Waals surface area (Å²) in [4.78, 5) is 20.7. The number of piperidine rings is 1. The second kappa shape index (κ2) is 6.85. The van der Waals surface area contributed by atoms with Crippen molar-refractivity contribution in [3.8, 4) is 0 Å². The number of sulfonamides is 1. The first kappa shape index (κ1) is 18.0. The second-order valence-electron chi connectivity index (χ2n) is 6.20. The maximum Gasteiger partial charge on any atom is 0.262 e. The summed E-state index contributed by atoms with van der Waals surface area (Å²) in [6.07, 6.45) is 2.50. The van der Waals surface area contributed by atoms with Crippen LogP contribution in [0.4, 0.5) is 5.13 Å². The number of thiazole rings is 1. The van der Waals surface area contributed by atoms with Gasteiger partial charge in [-0.3, -0.25) is 4.79 Å². The zero-order valence-corrected chi connectivity index (χ0v) is 16.0. The van der Waals surface area contributed by atoms with Gasteiger partial charge in [-0.1, -0.05) is 0 Å². The van der Waals surface area contributed by atoms with Crippen LogP contribution in [0.3, 0.4) is 0 Å². The first-order valence-electron chi connectivity index (χ1n) is 8.00. The van der Waals surface area contributed by atoms with Gasteiger partial charge in [-0.25, -0.2) is 18.4 Å². The van der Waals surface area contributed by atoms with Crippen molar-refractivity contribution in [2.75, 3.05) is 18.4 Å². The molecular weight excluding hydrogens is 362 g/mol. The molecule has 0 atom stereocenters. The van der Waals surface area contributed by atoms with Crippen LogP contribution in [0.1, 0.15) is 24.4 Å². The van der Waals surface area contributed by atoms with Crippen molar-refractivity contribution in [3.63, 3.8) is 0 Å². The van der Waals surface area contributed by atoms with Gasteiger partial charge in [0.1, 0.15) is 5.82 Å². The minimum absolute atomic E-state index is 0.0636. The zero-order chi connectivity index (χ0) is 18.2. The van der Waals surface area contributed by atoms with Crippen LogP contribution < -0.4 is 5.32 Å². The van der Waals surface area contributed by atoms with Gasteiger partial charge in [-0.2, -0.15) is 4.31 Å². The molecule has 8 nitrogen and oxygen atoms in total. The highest BCUT2D eigenvalue weighted by Gasteiger charge is 2.33. The summed E-state index contributed by atoms with van der Waals surface area (Å²) in [6.45, 7) is 4.25. The van der Waals surface area contributed by atoms with E-state index in [9.17, 15) is 13.2 Å². The van der Waals surface area contributed by atoms with E-state index in [-0.39, 0.29) is 16.9 Å². The van der Waals surface area contributed by atoms with Crippen molar-refractivity contribution in [2.24, 2.45) is 13.0 Å². The molecule has 0 radical (unpaired) electrons. The number of aromatic nitrogens is 3. The van der Waals surface area contributed by atoms with Crippen molar-refractivity contribution >= 4 is 32.4 Å². The number of hydrogen-bond donors (Lipinski definition) is 1. The van der Waals surface area contributed by atoms with Gasteiger partial charge in [0.25, 0.3) is 10.0 Å². The van der Waals surface area contributed by atoms with E-state index in [0.717, 1.165) is 5.69 Å². The number of rotatable bonds is 4. The van der Waals surface area contributed by atoms with Crippen molar-refractivity contribution in [2.45, 2.75) is 31.7 Å². The first-order chi connectivity index (χ1) is 11.8. The van der Waals surface area contributed by atoms with E-state index in [1.807, 2.05) is 12.3 Å². The van der Waals surface area contributed by atoms with Crippen LogP contribution in [0.2, 0.25) is 0 Å². The molecule has 10 heteroatoms. The topological polar surface area (TPSA) is 97.2 Å². The number of aryl methyl sites for hydroxylation is 3. The molecular formula is C15H21N5O3S2. The largest absolute Gasteiger partial charge is 0.337 e. The molecule has 0 aliphatic carbocycles. The molecule has 1 amide bonds. The molecule has 3 heterocycles. The molecule has 0 bridgehead atoms. The van der Waals surface area contributed by atoms with E-state index in [0.29, 0.717) is 36.9 Å². The number of amides is 1. The maximum atomic E-state index is 12.7. The summed E-state index contributed by atoms with van der Waals surface area (Å²) >= 11 is 1.39. The third-order valence-corrected chi connectivity index (χ3v) is 7.01. The lowest BCUT2D eigenvalue weighted by atomic mass is 9.97. The molecule has 1 fully saturated rings. The minimum atomic E-state index is -3.61. The number of nitrogens with zero attached hydrogens (tertiary/aromatic N) is 4. The zero-order valence-electron chi connectivity index (χ0n) is 14.4. The Kier molecular flexibility index (Phi) is 4.94. The SMILES string of the molecule is Cc1csc(NC(=O)C2CCN(S(=O)(=O)c3cn(C)c(C)n3)CC2)n1. The fourth-order valence-corrected chi connectivity index (χ4v) is 4.95. The van der Waals surface area contributed by atoms with E-state index < -0.39 is 10.0 Å². The highest BCUT2D eigenvalue weighted by molar-refractivity contribution is 7.89. The van der Waals surface area contributed by atoms with E-state index >= 15 is 0 Å². The van der Waals surface area contributed by atoms with E-state index in [1.54, 1.807) is 18.5 Å². The Bertz CT molecular complexity index is 859. The molecule has 1 N–H and O–H groups in total. The molecule has 2 aromatic rings. The third kappa shape index (κ3) is 3.75. The smallest absolute Gasteiger partial charge is 0.262 e. The van der Waals surface area contributed by atoms with Crippen LogP contribution in [0.15, 0.2) is 16.6 Å². The van der Waals surface area contributed by atoms with Crippen molar-refractivity contribution in [1.82, 2.24) is 18.8 Å². The van der Waals surface area contributed by atoms with E-state index in [4.69, 9.17) is 0 Å². The lowest BCUT2D eigenvalue weighted by Gasteiger charge is -2.29. The molecule has 1 saturated heterocycles. The summed E-state index contributed by atoms with van der Waals surface area (Å²) in [7, 11) is -1.85. The Morgan fingerprint density at radius 2 is 1.96 bits per heavy atom. The molecule has 0 saturated carbocycles. The highest BCUT2D eigenvalue weighted by Crippen LogP contribution is 2.25. The van der Waals surface area contributed by atoms with Gasteiger partial charge >= 0.3 is 0 Å². The molecule has 1 aliphatic heterocycles. The summed E-state index contributed by atoms with van der Waals surface area (Å²) in [5.41, 5.74) is 0.867. The number of carbonyl (C=O) groups excluding carboxylic acids is 1. The van der Waals surface area contributed by atoms with Gasteiger partial charge in [0.2, 0.25) is 5.91 Å². The predicted octanol–water partition coefficient (Wildman–Crippen LogP) is 1.53. The maximum absolute atomic E-state index is 12.7. The predicted molar refractivity (Wildman–Crippen MR) is 94.9 cm³/mol. The highest BCUT2D eigenvalue weighted by atomic mass is 32.2. The fraction of sp³-hybridized carbons (Fsp3) is 0.533. The quantitative estimate of drug-likeness (QED) is 0.864. The number of nitrogens with one attached hydrogen (secondary N) is 1. The number of carbonyl (C=O) groups is 1. The Hall–Kier alpha value is -1.78. The van der Waals surface area contributed by atoms with Gasteiger partial charge in [0.15, 0.2) is 10.2 Å². The van der Waals surface area contributed by atoms with Crippen molar-refractivity contribution in [3.05, 3.63) is 23.1 Å². The number of hydrogen-bond acceptors (Lipinski definition) is 6. The minimum Gasteiger partial charge on any atom is -0.337 e. The summed E-state index contributed by atoms with van der Waals surface area (Å²) in [6, 6.07) is 0. The van der Waals surface area contributed by atoms with Crippen LogP contribution in [0.25, 0.3) is 0 Å². The summed E-state index contributed by atoms with van der Waals surface area (Å²) in [5.74, 6) is 0.341. The second-order valence-corrected chi connectivity index (χ2v) is 8.94. The third-order valence-electron chi connectivity index (χ3n) is 4.36. The standard InChI is InChI=1S/C15H21N5O3S2/c1-10-9-24-15(16-10)18-14(21)12-4-6-20(7-5-12)25(22,23)13-8-19(3)11(2)17-13/h8-9,12H,4-7H2,1-3H3,(H,16,18,21). The Labute approximate surface area is 150 Å². The Balaban J connectivity index is 1.62. The first-order valence-corrected chi connectivity index (χ1v) is 10.3. The summed E-state index contributed by atoms with van der Waals surface area (Å²) < 4.78 is 28.4. The normalized spacial score (nSPS) is 16.9. The summed E-state index contributed by atoms with van der Waals surface area (Å²) in [5, 5.41) is 5.34. The molecule has 0 unspecified atom stereocenters. The molecule has 0 spiro atoms. The van der Waals surface area contributed by atoms with Crippen LogP contribution in [-0.4, -0.2) is 46.3 Å². The Morgan fingerprint density at radius 3 is 2.48 bits per heavy atom. The van der Waals surface area contributed by atoms with E-state index in [2.05, 4.69) is 15.3 Å². The average molecular weight is 383 g/mol. The van der Waals surface area contributed by atoms with Crippen molar-refractivity contribution in [1.29, 1.82) is 0 Å². The Morgan fingerprint density at radius 1 is 1.28 bits per heavy atom. The number of anilines is 1. The van der Waals surface area contributed by atoms with Gasteiger partial charge in [-0.15, -0.1) is 11.3 Å². The van der Waals surface area contributed by atoms with Crippen LogP contribution >= 0.6 is 11.3 Å². The molecule has 3 rings (SSSR count). The molecule has 0 aromatic carbocycles. The van der Waals surface area contributed by atoms with Gasteiger partial charge < -0.3 is 9.88 Å². The van der Waals surface area contributed by atoms with Gasteiger partial charge in [0, 0.05) is 37.6 Å². The molecule has 2 aromatic heterocycles. The lowest BCUT2D eigenvalue weighted by Crippen LogP contribution is -2.41. The average Bonchev–Trinajstić information content (AvgIpc) is 3.13. The fourth-order valence-electron chi connectivity index (χ4n) is 2.76. The van der Waals surface area contributed by atoms with Gasteiger partial charge in [0.05, 0.1) is 5.69 Å². The molecule has 25 heavy (non-hydrogen) atoms. The van der Waals surface area contributed by atoms with Crippen molar-refractivity contribution < 1.29 is 13.2 Å². The van der Waals surface area contributed by atoms with Crippen LogP contribution in [0.5, 0.6) is 0 Å².